The van der Waals surface area contributed by atoms with Gasteiger partial charge in [-0.2, -0.15) is 4.31 Å². The van der Waals surface area contributed by atoms with Gasteiger partial charge in [0.15, 0.2) is 0 Å². The summed E-state index contributed by atoms with van der Waals surface area (Å²) in [6.07, 6.45) is 0. The van der Waals surface area contributed by atoms with Gasteiger partial charge >= 0.3 is 0 Å². The van der Waals surface area contributed by atoms with Crippen molar-refractivity contribution in [2.45, 2.75) is 37.6 Å². The Morgan fingerprint density at radius 3 is 2.66 bits per heavy atom. The van der Waals surface area contributed by atoms with Crippen LogP contribution in [0.25, 0.3) is 0 Å². The SMILES string of the molecule is Cc1ccc(F)c(C(C)[C@@H](C(=O)NN)N2CNc3cc(Cl)ccc3S2(=O)=O)c1C. The molecule has 1 unspecified atom stereocenters. The predicted molar refractivity (Wildman–Crippen MR) is 109 cm³/mol. The maximum atomic E-state index is 14.7. The maximum absolute atomic E-state index is 14.7. The number of halogens is 2. The molecule has 10 heteroatoms. The van der Waals surface area contributed by atoms with Crippen molar-refractivity contribution in [2.75, 3.05) is 12.0 Å². The van der Waals surface area contributed by atoms with Crippen molar-refractivity contribution >= 4 is 33.2 Å². The van der Waals surface area contributed by atoms with E-state index in [9.17, 15) is 17.6 Å². The third-order valence-electron chi connectivity index (χ3n) is 5.34. The van der Waals surface area contributed by atoms with Gasteiger partial charge in [0.25, 0.3) is 5.91 Å². The van der Waals surface area contributed by atoms with Crippen molar-refractivity contribution in [3.05, 3.63) is 57.9 Å². The molecule has 0 aliphatic carbocycles. The van der Waals surface area contributed by atoms with E-state index in [2.05, 4.69) is 5.32 Å². The molecule has 0 radical (unpaired) electrons. The van der Waals surface area contributed by atoms with Gasteiger partial charge < -0.3 is 5.32 Å². The number of anilines is 1. The van der Waals surface area contributed by atoms with Gasteiger partial charge in [-0.25, -0.2) is 18.7 Å². The number of hydrogen-bond donors (Lipinski definition) is 3. The van der Waals surface area contributed by atoms with Crippen LogP contribution in [0.5, 0.6) is 0 Å². The van der Waals surface area contributed by atoms with Gasteiger partial charge in [0.1, 0.15) is 16.8 Å². The van der Waals surface area contributed by atoms with Crippen LogP contribution in [0.1, 0.15) is 29.5 Å². The number of aryl methyl sites for hydroxylation is 1. The highest BCUT2D eigenvalue weighted by atomic mass is 35.5. The molecule has 1 aliphatic rings. The molecule has 29 heavy (non-hydrogen) atoms. The van der Waals surface area contributed by atoms with Gasteiger partial charge in [-0.15, -0.1) is 0 Å². The van der Waals surface area contributed by atoms with Crippen LogP contribution in [0.2, 0.25) is 5.02 Å². The summed E-state index contributed by atoms with van der Waals surface area (Å²) in [5, 5.41) is 3.34. The predicted octanol–water partition coefficient (Wildman–Crippen LogP) is 2.63. The van der Waals surface area contributed by atoms with Crippen molar-refractivity contribution < 1.29 is 17.6 Å². The number of carbonyl (C=O) groups excluding carboxylic acids is 1. The summed E-state index contributed by atoms with van der Waals surface area (Å²) in [5.41, 5.74) is 4.12. The first-order valence-electron chi connectivity index (χ1n) is 8.91. The molecule has 0 spiro atoms. The number of hydrogen-bond acceptors (Lipinski definition) is 5. The number of hydrazine groups is 1. The van der Waals surface area contributed by atoms with Crippen molar-refractivity contribution in [2.24, 2.45) is 5.84 Å². The van der Waals surface area contributed by atoms with Gasteiger partial charge in [0.2, 0.25) is 10.0 Å². The average Bonchev–Trinajstić information content (AvgIpc) is 2.66. The number of amides is 1. The lowest BCUT2D eigenvalue weighted by Gasteiger charge is -2.37. The van der Waals surface area contributed by atoms with Gasteiger partial charge in [-0.1, -0.05) is 24.6 Å². The molecular formula is C19H22ClFN4O3S. The normalized spacial score (nSPS) is 17.7. The Morgan fingerprint density at radius 2 is 2.00 bits per heavy atom. The summed E-state index contributed by atoms with van der Waals surface area (Å²) in [4.78, 5) is 12.7. The summed E-state index contributed by atoms with van der Waals surface area (Å²) in [6.45, 7) is 4.98. The zero-order chi connectivity index (χ0) is 21.5. The molecule has 4 N–H and O–H groups in total. The summed E-state index contributed by atoms with van der Waals surface area (Å²) >= 11 is 5.95. The molecule has 156 valence electrons. The summed E-state index contributed by atoms with van der Waals surface area (Å²) in [7, 11) is -4.07. The first kappa shape index (κ1) is 21.5. The Bertz CT molecular complexity index is 1080. The highest BCUT2D eigenvalue weighted by Crippen LogP contribution is 2.37. The number of sulfonamides is 1. The molecule has 0 bridgehead atoms. The van der Waals surface area contributed by atoms with Crippen LogP contribution in [-0.2, 0) is 14.8 Å². The molecule has 1 heterocycles. The van der Waals surface area contributed by atoms with Crippen LogP contribution >= 0.6 is 11.6 Å². The van der Waals surface area contributed by atoms with Crippen LogP contribution in [0, 0.1) is 19.7 Å². The van der Waals surface area contributed by atoms with E-state index in [1.165, 1.54) is 24.3 Å². The molecule has 2 aromatic rings. The maximum Gasteiger partial charge on any atom is 0.253 e. The van der Waals surface area contributed by atoms with Gasteiger partial charge in [-0.3, -0.25) is 10.2 Å². The molecular weight excluding hydrogens is 419 g/mol. The van der Waals surface area contributed by atoms with E-state index in [0.29, 0.717) is 16.3 Å². The van der Waals surface area contributed by atoms with Gasteiger partial charge in [0.05, 0.1) is 12.4 Å². The number of nitrogens with one attached hydrogen (secondary N) is 2. The van der Waals surface area contributed by atoms with E-state index in [-0.39, 0.29) is 17.1 Å². The molecule has 7 nitrogen and oxygen atoms in total. The molecule has 0 aromatic heterocycles. The van der Waals surface area contributed by atoms with Crippen LogP contribution in [0.15, 0.2) is 35.2 Å². The van der Waals surface area contributed by atoms with E-state index in [4.69, 9.17) is 17.4 Å². The van der Waals surface area contributed by atoms with E-state index in [1.807, 2.05) is 12.3 Å². The van der Waals surface area contributed by atoms with E-state index in [0.717, 1.165) is 9.87 Å². The minimum Gasteiger partial charge on any atom is -0.370 e. The first-order valence-corrected chi connectivity index (χ1v) is 10.7. The van der Waals surface area contributed by atoms with Crippen molar-refractivity contribution in [3.8, 4) is 0 Å². The Balaban J connectivity index is 2.13. The molecule has 2 atom stereocenters. The van der Waals surface area contributed by atoms with E-state index < -0.39 is 33.7 Å². The highest BCUT2D eigenvalue weighted by Gasteiger charge is 2.43. The fourth-order valence-corrected chi connectivity index (χ4v) is 5.59. The summed E-state index contributed by atoms with van der Waals surface area (Å²) < 4.78 is 42.2. The number of fused-ring (bicyclic) bond motifs is 1. The average molecular weight is 441 g/mol. The molecule has 2 aromatic carbocycles. The monoisotopic (exact) mass is 440 g/mol. The third-order valence-corrected chi connectivity index (χ3v) is 7.46. The standard InChI is InChI=1S/C19H22ClFN4O3S/c1-10-4-6-14(21)17(11(10)2)12(3)18(19(26)24-22)25-9-23-15-8-13(20)5-7-16(15)29(25,27)28/h4-8,12,18,23H,9,22H2,1-3H3,(H,24,26)/t12?,18-/m0/s1. The lowest BCUT2D eigenvalue weighted by molar-refractivity contribution is -0.125. The second-order valence-electron chi connectivity index (χ2n) is 7.01. The fraction of sp³-hybridized carbons (Fsp3) is 0.316. The van der Waals surface area contributed by atoms with Crippen molar-refractivity contribution in [1.82, 2.24) is 9.73 Å². The Kier molecular flexibility index (Phi) is 5.86. The Morgan fingerprint density at radius 1 is 1.31 bits per heavy atom. The van der Waals surface area contributed by atoms with Crippen molar-refractivity contribution in [3.63, 3.8) is 0 Å². The van der Waals surface area contributed by atoms with Crippen LogP contribution < -0.4 is 16.6 Å². The quantitative estimate of drug-likeness (QED) is 0.385. The zero-order valence-electron chi connectivity index (χ0n) is 16.2. The smallest absolute Gasteiger partial charge is 0.253 e. The minimum atomic E-state index is -4.07. The van der Waals surface area contributed by atoms with E-state index >= 15 is 0 Å². The number of nitrogens with zero attached hydrogens (tertiary/aromatic N) is 1. The Labute approximate surface area is 174 Å². The molecule has 1 aliphatic heterocycles. The molecule has 3 rings (SSSR count). The number of nitrogens with two attached hydrogens (primary N) is 1. The molecule has 0 saturated carbocycles. The zero-order valence-corrected chi connectivity index (χ0v) is 17.7. The number of carbonyl (C=O) groups is 1. The first-order chi connectivity index (χ1) is 13.6. The third kappa shape index (κ3) is 3.71. The fourth-order valence-electron chi connectivity index (χ4n) is 3.70. The lowest BCUT2D eigenvalue weighted by atomic mass is 9.87. The second-order valence-corrected chi connectivity index (χ2v) is 9.31. The summed E-state index contributed by atoms with van der Waals surface area (Å²) in [6, 6.07) is 6.00. The topological polar surface area (TPSA) is 105 Å². The van der Waals surface area contributed by atoms with Crippen molar-refractivity contribution in [1.29, 1.82) is 0 Å². The molecule has 0 saturated heterocycles. The summed E-state index contributed by atoms with van der Waals surface area (Å²) in [5.74, 6) is 3.31. The highest BCUT2D eigenvalue weighted by molar-refractivity contribution is 7.89. The van der Waals surface area contributed by atoms with Crippen LogP contribution in [0.3, 0.4) is 0 Å². The second kappa shape index (κ2) is 7.91. The van der Waals surface area contributed by atoms with Gasteiger partial charge in [-0.05, 0) is 54.8 Å². The van der Waals surface area contributed by atoms with E-state index in [1.54, 1.807) is 19.9 Å². The van der Waals surface area contributed by atoms with Crippen LogP contribution in [-0.4, -0.2) is 31.3 Å². The minimum absolute atomic E-state index is 0.0170. The number of rotatable bonds is 4. The van der Waals surface area contributed by atoms with Gasteiger partial charge in [0, 0.05) is 10.9 Å². The van der Waals surface area contributed by atoms with Crippen LogP contribution in [0.4, 0.5) is 10.1 Å². The largest absolute Gasteiger partial charge is 0.370 e. The molecule has 0 fully saturated rings. The lowest BCUT2D eigenvalue weighted by Crippen LogP contribution is -2.56. The molecule has 1 amide bonds. The number of benzene rings is 2. The Hall–Kier alpha value is -2.20.